The Morgan fingerprint density at radius 3 is 2.27 bits per heavy atom. The van der Waals surface area contributed by atoms with Crippen LogP contribution in [0.2, 0.25) is 5.02 Å². The standard InChI is InChI=1S/C17H13BrClNO2/c1-21-16-8-12(15(19)9-17(16)22-2)7-13(10-20)11-3-5-14(18)6-4-11/h3-9H,1-2H3/b13-7+. The van der Waals surface area contributed by atoms with Gasteiger partial charge < -0.3 is 9.47 Å². The zero-order chi connectivity index (χ0) is 16.1. The number of nitriles is 1. The first kappa shape index (κ1) is 16.4. The van der Waals surface area contributed by atoms with E-state index in [-0.39, 0.29) is 0 Å². The topological polar surface area (TPSA) is 42.2 Å². The van der Waals surface area contributed by atoms with Gasteiger partial charge in [-0.3, -0.25) is 0 Å². The molecule has 22 heavy (non-hydrogen) atoms. The minimum Gasteiger partial charge on any atom is -0.493 e. The molecule has 112 valence electrons. The third-order valence-electron chi connectivity index (χ3n) is 3.08. The first-order valence-corrected chi connectivity index (χ1v) is 7.55. The molecule has 0 amide bonds. The van der Waals surface area contributed by atoms with Gasteiger partial charge in [0.2, 0.25) is 0 Å². The van der Waals surface area contributed by atoms with E-state index in [9.17, 15) is 5.26 Å². The van der Waals surface area contributed by atoms with Crippen LogP contribution >= 0.6 is 27.5 Å². The smallest absolute Gasteiger partial charge is 0.162 e. The average Bonchev–Trinajstić information content (AvgIpc) is 2.54. The minimum atomic E-state index is 0.488. The summed E-state index contributed by atoms with van der Waals surface area (Å²) in [6.07, 6.45) is 1.73. The van der Waals surface area contributed by atoms with E-state index in [1.165, 1.54) is 0 Å². The fourth-order valence-electron chi connectivity index (χ4n) is 1.95. The van der Waals surface area contributed by atoms with Crippen molar-refractivity contribution in [2.24, 2.45) is 0 Å². The van der Waals surface area contributed by atoms with E-state index in [2.05, 4.69) is 22.0 Å². The number of ether oxygens (including phenoxy) is 2. The number of hydrogen-bond donors (Lipinski definition) is 0. The van der Waals surface area contributed by atoms with Gasteiger partial charge in [0.05, 0.1) is 30.9 Å². The monoisotopic (exact) mass is 377 g/mol. The summed E-state index contributed by atoms with van der Waals surface area (Å²) in [6, 6.07) is 13.1. The van der Waals surface area contributed by atoms with Crippen LogP contribution in [-0.2, 0) is 0 Å². The Hall–Kier alpha value is -1.96. The van der Waals surface area contributed by atoms with Gasteiger partial charge in [0.1, 0.15) is 0 Å². The maximum atomic E-state index is 9.40. The third-order valence-corrected chi connectivity index (χ3v) is 3.93. The number of methoxy groups -OCH3 is 2. The summed E-state index contributed by atoms with van der Waals surface area (Å²) >= 11 is 9.63. The molecule has 2 rings (SSSR count). The van der Waals surface area contributed by atoms with Crippen molar-refractivity contribution >= 4 is 39.2 Å². The molecular formula is C17H13BrClNO2. The molecule has 3 nitrogen and oxygen atoms in total. The lowest BCUT2D eigenvalue weighted by Crippen LogP contribution is -1.92. The number of allylic oxidation sites excluding steroid dienone is 1. The molecule has 0 aromatic heterocycles. The number of rotatable bonds is 4. The van der Waals surface area contributed by atoms with E-state index in [1.807, 2.05) is 24.3 Å². The highest BCUT2D eigenvalue weighted by atomic mass is 79.9. The largest absolute Gasteiger partial charge is 0.493 e. The van der Waals surface area contributed by atoms with Crippen LogP contribution in [0.3, 0.4) is 0 Å². The molecule has 0 heterocycles. The number of benzene rings is 2. The number of nitrogens with zero attached hydrogens (tertiary/aromatic N) is 1. The molecule has 0 unspecified atom stereocenters. The highest BCUT2D eigenvalue weighted by Gasteiger charge is 2.10. The molecule has 0 saturated carbocycles. The van der Waals surface area contributed by atoms with Crippen molar-refractivity contribution in [2.45, 2.75) is 0 Å². The van der Waals surface area contributed by atoms with E-state index in [1.54, 1.807) is 32.4 Å². The van der Waals surface area contributed by atoms with Gasteiger partial charge in [0, 0.05) is 10.5 Å². The molecule has 0 fully saturated rings. The van der Waals surface area contributed by atoms with Crippen LogP contribution in [-0.4, -0.2) is 14.2 Å². The summed E-state index contributed by atoms with van der Waals surface area (Å²) in [5.41, 5.74) is 2.02. The van der Waals surface area contributed by atoms with E-state index in [4.69, 9.17) is 21.1 Å². The van der Waals surface area contributed by atoms with Crippen LogP contribution in [0.4, 0.5) is 0 Å². The molecule has 2 aromatic rings. The van der Waals surface area contributed by atoms with Gasteiger partial charge in [-0.25, -0.2) is 0 Å². The van der Waals surface area contributed by atoms with Crippen LogP contribution < -0.4 is 9.47 Å². The predicted octanol–water partition coefficient (Wildman–Crippen LogP) is 5.18. The van der Waals surface area contributed by atoms with Crippen molar-refractivity contribution in [2.75, 3.05) is 14.2 Å². The molecular weight excluding hydrogens is 366 g/mol. The SMILES string of the molecule is COc1cc(Cl)c(/C=C(\C#N)c2ccc(Br)cc2)cc1OC. The molecule has 0 spiro atoms. The highest BCUT2D eigenvalue weighted by molar-refractivity contribution is 9.10. The quantitative estimate of drug-likeness (QED) is 0.543. The Kier molecular flexibility index (Phi) is 5.48. The molecule has 0 aliphatic heterocycles. The second-order valence-electron chi connectivity index (χ2n) is 4.41. The molecule has 0 N–H and O–H groups in total. The summed E-state index contributed by atoms with van der Waals surface area (Å²) in [7, 11) is 3.10. The molecule has 5 heteroatoms. The fraction of sp³-hybridized carbons (Fsp3) is 0.118. The van der Waals surface area contributed by atoms with Crippen LogP contribution in [0, 0.1) is 11.3 Å². The van der Waals surface area contributed by atoms with Crippen molar-refractivity contribution in [3.8, 4) is 17.6 Å². The van der Waals surface area contributed by atoms with Crippen LogP contribution in [0.15, 0.2) is 40.9 Å². The maximum Gasteiger partial charge on any atom is 0.162 e. The van der Waals surface area contributed by atoms with E-state index >= 15 is 0 Å². The number of halogens is 2. The van der Waals surface area contributed by atoms with Gasteiger partial charge in [0.15, 0.2) is 11.5 Å². The molecule has 0 atom stereocenters. The average molecular weight is 379 g/mol. The van der Waals surface area contributed by atoms with Crippen molar-refractivity contribution < 1.29 is 9.47 Å². The molecule has 0 aliphatic rings. The van der Waals surface area contributed by atoms with E-state index < -0.39 is 0 Å². The zero-order valence-corrected chi connectivity index (χ0v) is 14.4. The second-order valence-corrected chi connectivity index (χ2v) is 5.73. The molecule has 0 radical (unpaired) electrons. The highest BCUT2D eigenvalue weighted by Crippen LogP contribution is 2.35. The van der Waals surface area contributed by atoms with Crippen molar-refractivity contribution in [1.29, 1.82) is 5.26 Å². The van der Waals surface area contributed by atoms with Gasteiger partial charge in [-0.15, -0.1) is 0 Å². The van der Waals surface area contributed by atoms with Crippen LogP contribution in [0.5, 0.6) is 11.5 Å². The summed E-state index contributed by atoms with van der Waals surface area (Å²) in [6.45, 7) is 0. The van der Waals surface area contributed by atoms with Crippen molar-refractivity contribution in [3.63, 3.8) is 0 Å². The van der Waals surface area contributed by atoms with Crippen LogP contribution in [0.25, 0.3) is 11.6 Å². The number of hydrogen-bond acceptors (Lipinski definition) is 3. The summed E-state index contributed by atoms with van der Waals surface area (Å²) in [5, 5.41) is 9.89. The molecule has 0 saturated heterocycles. The lowest BCUT2D eigenvalue weighted by Gasteiger charge is -2.10. The maximum absolute atomic E-state index is 9.40. The van der Waals surface area contributed by atoms with E-state index in [0.29, 0.717) is 27.7 Å². The Morgan fingerprint density at radius 1 is 1.14 bits per heavy atom. The first-order chi connectivity index (χ1) is 10.6. The fourth-order valence-corrected chi connectivity index (χ4v) is 2.42. The Balaban J connectivity index is 2.50. The van der Waals surface area contributed by atoms with Gasteiger partial charge in [0.25, 0.3) is 0 Å². The Bertz CT molecular complexity index is 748. The first-order valence-electron chi connectivity index (χ1n) is 6.38. The van der Waals surface area contributed by atoms with Gasteiger partial charge in [-0.1, -0.05) is 39.7 Å². The Morgan fingerprint density at radius 2 is 1.73 bits per heavy atom. The van der Waals surface area contributed by atoms with Gasteiger partial charge in [-0.05, 0) is 35.4 Å². The summed E-state index contributed by atoms with van der Waals surface area (Å²) in [5.74, 6) is 1.11. The molecule has 2 aromatic carbocycles. The summed E-state index contributed by atoms with van der Waals surface area (Å²) < 4.78 is 11.4. The lowest BCUT2D eigenvalue weighted by molar-refractivity contribution is 0.355. The molecule has 0 aliphatic carbocycles. The predicted molar refractivity (Wildman–Crippen MR) is 92.2 cm³/mol. The van der Waals surface area contributed by atoms with Crippen molar-refractivity contribution in [1.82, 2.24) is 0 Å². The normalized spacial score (nSPS) is 11.0. The third kappa shape index (κ3) is 3.62. The lowest BCUT2D eigenvalue weighted by atomic mass is 10.0. The molecule has 0 bridgehead atoms. The minimum absolute atomic E-state index is 0.488. The second kappa shape index (κ2) is 7.35. The van der Waals surface area contributed by atoms with E-state index in [0.717, 1.165) is 10.0 Å². The van der Waals surface area contributed by atoms with Crippen LogP contribution in [0.1, 0.15) is 11.1 Å². The van der Waals surface area contributed by atoms with Gasteiger partial charge in [-0.2, -0.15) is 5.26 Å². The van der Waals surface area contributed by atoms with Crippen molar-refractivity contribution in [3.05, 3.63) is 57.0 Å². The summed E-state index contributed by atoms with van der Waals surface area (Å²) in [4.78, 5) is 0. The zero-order valence-electron chi connectivity index (χ0n) is 12.1. The van der Waals surface area contributed by atoms with Gasteiger partial charge >= 0.3 is 0 Å². The Labute approximate surface area is 142 Å².